The van der Waals surface area contributed by atoms with Crippen LogP contribution in [-0.4, -0.2) is 51.2 Å². The topological polar surface area (TPSA) is 48.9 Å². The largest absolute Gasteiger partial charge is 0.493 e. The molecule has 0 spiro atoms. The number of nitrogens with one attached hydrogen (secondary N) is 2. The molecular formula is C18H33IN4O. The molecule has 0 bridgehead atoms. The van der Waals surface area contributed by atoms with Crippen molar-refractivity contribution in [2.24, 2.45) is 4.99 Å². The van der Waals surface area contributed by atoms with E-state index in [0.717, 1.165) is 49.9 Å². The zero-order valence-electron chi connectivity index (χ0n) is 15.7. The van der Waals surface area contributed by atoms with Crippen LogP contribution in [0.15, 0.2) is 23.2 Å². The van der Waals surface area contributed by atoms with Gasteiger partial charge in [0.25, 0.3) is 0 Å². The maximum atomic E-state index is 5.85. The number of halogens is 1. The van der Waals surface area contributed by atoms with Crippen LogP contribution in [0.2, 0.25) is 0 Å². The van der Waals surface area contributed by atoms with Crippen LogP contribution in [0.3, 0.4) is 0 Å². The standard InChI is InChI=1S/C18H32N4O.HI/c1-6-12-23-17-13-15(3)8-9-16(17)14-21-18(19-4)20-10-11-22(5)7-2;/h8-9,13H,6-7,10-12,14H2,1-5H3,(H2,19,20,21);1H. The Hall–Kier alpha value is -1.02. The smallest absolute Gasteiger partial charge is 0.191 e. The van der Waals surface area contributed by atoms with Gasteiger partial charge in [-0.25, -0.2) is 0 Å². The van der Waals surface area contributed by atoms with E-state index in [-0.39, 0.29) is 24.0 Å². The van der Waals surface area contributed by atoms with Crippen molar-refractivity contribution < 1.29 is 4.74 Å². The van der Waals surface area contributed by atoms with Crippen molar-refractivity contribution in [3.8, 4) is 5.75 Å². The predicted octanol–water partition coefficient (Wildman–Crippen LogP) is 3.02. The van der Waals surface area contributed by atoms with E-state index in [0.29, 0.717) is 6.54 Å². The van der Waals surface area contributed by atoms with Crippen molar-refractivity contribution in [3.63, 3.8) is 0 Å². The van der Waals surface area contributed by atoms with Gasteiger partial charge in [0, 0.05) is 32.2 Å². The number of likely N-dealkylation sites (N-methyl/N-ethyl adjacent to an activating group) is 1. The molecule has 1 rings (SSSR count). The molecule has 0 aliphatic heterocycles. The van der Waals surface area contributed by atoms with Gasteiger partial charge in [-0.05, 0) is 38.6 Å². The van der Waals surface area contributed by atoms with Gasteiger partial charge in [0.15, 0.2) is 5.96 Å². The van der Waals surface area contributed by atoms with E-state index in [1.807, 2.05) is 0 Å². The summed E-state index contributed by atoms with van der Waals surface area (Å²) in [5.41, 5.74) is 2.36. The molecule has 0 fully saturated rings. The van der Waals surface area contributed by atoms with Gasteiger partial charge in [0.1, 0.15) is 5.75 Å². The Balaban J connectivity index is 0.00000529. The molecule has 1 aromatic rings. The molecule has 1 aromatic carbocycles. The second-order valence-corrected chi connectivity index (χ2v) is 5.71. The first-order chi connectivity index (χ1) is 11.1. The van der Waals surface area contributed by atoms with Gasteiger partial charge in [0.2, 0.25) is 0 Å². The molecule has 0 saturated heterocycles. The van der Waals surface area contributed by atoms with Gasteiger partial charge in [-0.15, -0.1) is 24.0 Å². The molecule has 0 unspecified atom stereocenters. The Morgan fingerprint density at radius 3 is 2.62 bits per heavy atom. The second-order valence-electron chi connectivity index (χ2n) is 5.71. The van der Waals surface area contributed by atoms with Crippen LogP contribution >= 0.6 is 24.0 Å². The number of nitrogens with zero attached hydrogens (tertiary/aromatic N) is 2. The summed E-state index contributed by atoms with van der Waals surface area (Å²) in [4.78, 5) is 6.53. The summed E-state index contributed by atoms with van der Waals surface area (Å²) in [6, 6.07) is 6.33. The van der Waals surface area contributed by atoms with Crippen molar-refractivity contribution in [2.45, 2.75) is 33.7 Å². The maximum absolute atomic E-state index is 5.85. The van der Waals surface area contributed by atoms with Crippen LogP contribution in [0.4, 0.5) is 0 Å². The summed E-state index contributed by atoms with van der Waals surface area (Å²) in [5.74, 6) is 1.78. The minimum Gasteiger partial charge on any atom is -0.493 e. The second kappa shape index (κ2) is 13.3. The van der Waals surface area contributed by atoms with Gasteiger partial charge >= 0.3 is 0 Å². The molecule has 0 amide bonds. The minimum absolute atomic E-state index is 0. The number of hydrogen-bond donors (Lipinski definition) is 2. The Kier molecular flexibility index (Phi) is 12.7. The highest BCUT2D eigenvalue weighted by molar-refractivity contribution is 14.0. The summed E-state index contributed by atoms with van der Waals surface area (Å²) in [7, 11) is 3.91. The molecule has 0 heterocycles. The van der Waals surface area contributed by atoms with Gasteiger partial charge < -0.3 is 20.3 Å². The number of ether oxygens (including phenoxy) is 1. The quantitative estimate of drug-likeness (QED) is 0.347. The third kappa shape index (κ3) is 8.73. The molecule has 24 heavy (non-hydrogen) atoms. The average Bonchev–Trinajstić information content (AvgIpc) is 2.56. The lowest BCUT2D eigenvalue weighted by molar-refractivity contribution is 0.313. The predicted molar refractivity (Wildman–Crippen MR) is 114 cm³/mol. The van der Waals surface area contributed by atoms with Crippen molar-refractivity contribution in [1.29, 1.82) is 0 Å². The lowest BCUT2D eigenvalue weighted by Gasteiger charge is -2.17. The first-order valence-corrected chi connectivity index (χ1v) is 8.46. The van der Waals surface area contributed by atoms with Crippen LogP contribution in [-0.2, 0) is 6.54 Å². The molecule has 0 aliphatic carbocycles. The molecule has 0 aliphatic rings. The lowest BCUT2D eigenvalue weighted by atomic mass is 10.1. The summed E-state index contributed by atoms with van der Waals surface area (Å²) in [6.07, 6.45) is 1.01. The Bertz CT molecular complexity index is 494. The summed E-state index contributed by atoms with van der Waals surface area (Å²) < 4.78 is 5.85. The minimum atomic E-state index is 0. The van der Waals surface area contributed by atoms with E-state index in [1.54, 1.807) is 7.05 Å². The zero-order valence-corrected chi connectivity index (χ0v) is 18.0. The van der Waals surface area contributed by atoms with Crippen LogP contribution in [0.25, 0.3) is 0 Å². The van der Waals surface area contributed by atoms with E-state index >= 15 is 0 Å². The first-order valence-electron chi connectivity index (χ1n) is 8.46. The number of hydrogen-bond acceptors (Lipinski definition) is 3. The van der Waals surface area contributed by atoms with Crippen LogP contribution < -0.4 is 15.4 Å². The highest BCUT2D eigenvalue weighted by atomic mass is 127. The number of rotatable bonds is 9. The van der Waals surface area contributed by atoms with Crippen molar-refractivity contribution >= 4 is 29.9 Å². The van der Waals surface area contributed by atoms with Gasteiger partial charge in [0.05, 0.1) is 6.61 Å². The fourth-order valence-electron chi connectivity index (χ4n) is 2.08. The van der Waals surface area contributed by atoms with Gasteiger partial charge in [-0.1, -0.05) is 26.0 Å². The van der Waals surface area contributed by atoms with Crippen molar-refractivity contribution in [1.82, 2.24) is 15.5 Å². The van der Waals surface area contributed by atoms with Crippen molar-refractivity contribution in [3.05, 3.63) is 29.3 Å². The fourth-order valence-corrected chi connectivity index (χ4v) is 2.08. The van der Waals surface area contributed by atoms with Gasteiger partial charge in [-0.3, -0.25) is 4.99 Å². The van der Waals surface area contributed by atoms with E-state index in [1.165, 1.54) is 5.56 Å². The first kappa shape index (κ1) is 23.0. The molecule has 2 N–H and O–H groups in total. The maximum Gasteiger partial charge on any atom is 0.191 e. The number of guanidine groups is 1. The highest BCUT2D eigenvalue weighted by Crippen LogP contribution is 2.20. The van der Waals surface area contributed by atoms with Crippen molar-refractivity contribution in [2.75, 3.05) is 40.3 Å². The number of benzene rings is 1. The number of aliphatic imine (C=N–C) groups is 1. The number of aryl methyl sites for hydroxylation is 1. The molecular weight excluding hydrogens is 415 g/mol. The molecule has 0 radical (unpaired) electrons. The van der Waals surface area contributed by atoms with E-state index < -0.39 is 0 Å². The summed E-state index contributed by atoms with van der Waals surface area (Å²) >= 11 is 0. The lowest BCUT2D eigenvalue weighted by Crippen LogP contribution is -2.40. The van der Waals surface area contributed by atoms with E-state index in [4.69, 9.17) is 4.74 Å². The molecule has 138 valence electrons. The Morgan fingerprint density at radius 2 is 2.00 bits per heavy atom. The molecule has 0 saturated carbocycles. The monoisotopic (exact) mass is 448 g/mol. The Labute approximate surface area is 164 Å². The normalized spacial score (nSPS) is 11.2. The van der Waals surface area contributed by atoms with Crippen LogP contribution in [0.1, 0.15) is 31.4 Å². The third-order valence-electron chi connectivity index (χ3n) is 3.68. The summed E-state index contributed by atoms with van der Waals surface area (Å²) in [6.45, 7) is 10.7. The van der Waals surface area contributed by atoms with Gasteiger partial charge in [-0.2, -0.15) is 0 Å². The molecule has 0 aromatic heterocycles. The SMILES string of the molecule is CCCOc1cc(C)ccc1CNC(=NC)NCCN(C)CC.I. The highest BCUT2D eigenvalue weighted by Gasteiger charge is 2.06. The molecule has 0 atom stereocenters. The van der Waals surface area contributed by atoms with E-state index in [9.17, 15) is 0 Å². The fraction of sp³-hybridized carbons (Fsp3) is 0.611. The molecule has 6 heteroatoms. The third-order valence-corrected chi connectivity index (χ3v) is 3.68. The Morgan fingerprint density at radius 1 is 1.25 bits per heavy atom. The zero-order chi connectivity index (χ0) is 17.1. The summed E-state index contributed by atoms with van der Waals surface area (Å²) in [5, 5.41) is 6.69. The van der Waals surface area contributed by atoms with E-state index in [2.05, 4.69) is 66.5 Å². The van der Waals surface area contributed by atoms with Crippen LogP contribution in [0, 0.1) is 6.92 Å². The van der Waals surface area contributed by atoms with Crippen LogP contribution in [0.5, 0.6) is 5.75 Å². The molecule has 5 nitrogen and oxygen atoms in total. The average molecular weight is 448 g/mol.